The molecule has 0 bridgehead atoms. The molecule has 6 nitrogen and oxygen atoms in total. The average Bonchev–Trinajstić information content (AvgIpc) is 2.76. The van der Waals surface area contributed by atoms with Crippen LogP contribution in [0.5, 0.6) is 0 Å². The maximum absolute atomic E-state index is 12.9. The molecule has 0 spiro atoms. The highest BCUT2D eigenvalue weighted by molar-refractivity contribution is 5.96. The zero-order valence-corrected chi connectivity index (χ0v) is 18.8. The zero-order valence-electron chi connectivity index (χ0n) is 17.9. The van der Waals surface area contributed by atoms with Gasteiger partial charge < -0.3 is 16.0 Å². The topological polar surface area (TPSA) is 99.3 Å². The van der Waals surface area contributed by atoms with Crippen molar-refractivity contribution in [2.45, 2.75) is 45.4 Å². The number of hydrogen-bond donors (Lipinski definition) is 3. The minimum atomic E-state index is 0. The fourth-order valence-corrected chi connectivity index (χ4v) is 3.77. The third kappa shape index (κ3) is 6.56. The lowest BCUT2D eigenvalue weighted by Gasteiger charge is -2.30. The van der Waals surface area contributed by atoms with Gasteiger partial charge in [-0.1, -0.05) is 31.2 Å². The predicted octanol–water partition coefficient (Wildman–Crippen LogP) is 4.09. The lowest BCUT2D eigenvalue weighted by molar-refractivity contribution is -0.119. The molecular formula is C24H31ClN4O2. The van der Waals surface area contributed by atoms with Crippen molar-refractivity contribution in [2.75, 3.05) is 23.3 Å². The first-order valence-corrected chi connectivity index (χ1v) is 10.6. The summed E-state index contributed by atoms with van der Waals surface area (Å²) in [5.41, 5.74) is 10.3. The van der Waals surface area contributed by atoms with E-state index >= 15 is 0 Å². The van der Waals surface area contributed by atoms with Crippen LogP contribution in [-0.2, 0) is 22.4 Å². The largest absolute Gasteiger partial charge is 0.384 e. The molecule has 1 heterocycles. The van der Waals surface area contributed by atoms with Crippen LogP contribution < -0.4 is 16.0 Å². The van der Waals surface area contributed by atoms with Crippen LogP contribution in [0.25, 0.3) is 0 Å². The number of nitrogens with zero attached hydrogens (tertiary/aromatic N) is 1. The number of hydrogen-bond acceptors (Lipinski definition) is 4. The first kappa shape index (κ1) is 24.4. The molecule has 0 fully saturated rings. The molecule has 0 atom stereocenters. The van der Waals surface area contributed by atoms with Crippen LogP contribution in [0.4, 0.5) is 11.4 Å². The van der Waals surface area contributed by atoms with Crippen LogP contribution >= 0.6 is 12.4 Å². The van der Waals surface area contributed by atoms with E-state index in [1.807, 2.05) is 48.2 Å². The monoisotopic (exact) mass is 442 g/mol. The Labute approximate surface area is 190 Å². The molecule has 2 aromatic carbocycles. The number of fused-ring (bicyclic) bond motifs is 1. The van der Waals surface area contributed by atoms with Crippen LogP contribution in [0.1, 0.15) is 49.3 Å². The second-order valence-electron chi connectivity index (χ2n) is 7.75. The molecule has 7 heteroatoms. The molecule has 166 valence electrons. The lowest BCUT2D eigenvalue weighted by atomic mass is 9.99. The lowest BCUT2D eigenvalue weighted by Crippen LogP contribution is -2.35. The van der Waals surface area contributed by atoms with Gasteiger partial charge in [0.1, 0.15) is 5.84 Å². The summed E-state index contributed by atoms with van der Waals surface area (Å²) in [6.07, 6.45) is 4.42. The van der Waals surface area contributed by atoms with E-state index in [-0.39, 0.29) is 29.9 Å². The van der Waals surface area contributed by atoms with Crippen molar-refractivity contribution in [3.8, 4) is 0 Å². The number of ketones is 1. The first-order chi connectivity index (χ1) is 14.5. The zero-order chi connectivity index (χ0) is 21.5. The molecule has 1 aliphatic heterocycles. The van der Waals surface area contributed by atoms with Gasteiger partial charge in [0.15, 0.2) is 5.78 Å². The third-order valence-corrected chi connectivity index (χ3v) is 5.41. The van der Waals surface area contributed by atoms with Crippen molar-refractivity contribution in [1.29, 1.82) is 5.41 Å². The highest BCUT2D eigenvalue weighted by Gasteiger charge is 2.22. The molecule has 1 amide bonds. The van der Waals surface area contributed by atoms with Crippen molar-refractivity contribution in [3.63, 3.8) is 0 Å². The summed E-state index contributed by atoms with van der Waals surface area (Å²) in [7, 11) is 0. The number of anilines is 2. The highest BCUT2D eigenvalue weighted by atomic mass is 35.5. The van der Waals surface area contributed by atoms with Crippen molar-refractivity contribution < 1.29 is 9.59 Å². The summed E-state index contributed by atoms with van der Waals surface area (Å²) in [4.78, 5) is 26.5. The Hall–Kier alpha value is -2.86. The fourth-order valence-electron chi connectivity index (χ4n) is 3.77. The molecule has 31 heavy (non-hydrogen) atoms. The molecular weight excluding hydrogens is 412 g/mol. The summed E-state index contributed by atoms with van der Waals surface area (Å²) >= 11 is 0. The van der Waals surface area contributed by atoms with Crippen LogP contribution in [0.2, 0.25) is 0 Å². The number of carbonyl (C=O) groups is 2. The Bertz CT molecular complexity index is 928. The van der Waals surface area contributed by atoms with Gasteiger partial charge >= 0.3 is 0 Å². The number of nitrogens with two attached hydrogens (primary N) is 1. The number of amidine groups is 1. The number of aryl methyl sites for hydroxylation is 2. The molecule has 0 aliphatic carbocycles. The van der Waals surface area contributed by atoms with E-state index in [0.717, 1.165) is 48.3 Å². The summed E-state index contributed by atoms with van der Waals surface area (Å²) in [5, 5.41) is 10.7. The van der Waals surface area contributed by atoms with Crippen molar-refractivity contribution >= 4 is 41.3 Å². The summed E-state index contributed by atoms with van der Waals surface area (Å²) in [5.74, 6) is 0.375. The Morgan fingerprint density at radius 3 is 2.55 bits per heavy atom. The highest BCUT2D eigenvalue weighted by Crippen LogP contribution is 2.30. The quantitative estimate of drug-likeness (QED) is 0.402. The van der Waals surface area contributed by atoms with Crippen molar-refractivity contribution in [2.24, 2.45) is 5.73 Å². The molecule has 2 aromatic rings. The number of halogens is 1. The van der Waals surface area contributed by atoms with Crippen molar-refractivity contribution in [1.82, 2.24) is 0 Å². The normalized spacial score (nSPS) is 12.5. The number of nitrogens with one attached hydrogen (secondary N) is 2. The molecule has 0 aromatic heterocycles. The molecule has 0 saturated carbocycles. The number of carbonyl (C=O) groups excluding carboxylic acids is 2. The van der Waals surface area contributed by atoms with E-state index in [4.69, 9.17) is 11.1 Å². The van der Waals surface area contributed by atoms with E-state index < -0.39 is 0 Å². The van der Waals surface area contributed by atoms with E-state index in [2.05, 4.69) is 11.4 Å². The standard InChI is InChI=1S/C24H30N4O2.ClH/c1-2-4-21(29)16-27-20-11-12-22-19(15-20)5-3-14-28(22)23(30)13-8-17-6-9-18(10-7-17)24(25)26;/h6-7,9-12,15,27H,2-5,8,13-14,16H2,1H3,(H3,25,26);1H. The number of nitrogen functional groups attached to an aromatic ring is 1. The Morgan fingerprint density at radius 1 is 1.13 bits per heavy atom. The predicted molar refractivity (Wildman–Crippen MR) is 129 cm³/mol. The van der Waals surface area contributed by atoms with Gasteiger partial charge in [0.2, 0.25) is 5.91 Å². The van der Waals surface area contributed by atoms with Gasteiger partial charge in [-0.25, -0.2) is 0 Å². The smallest absolute Gasteiger partial charge is 0.227 e. The second-order valence-corrected chi connectivity index (χ2v) is 7.75. The van der Waals surface area contributed by atoms with Gasteiger partial charge in [-0.3, -0.25) is 15.0 Å². The van der Waals surface area contributed by atoms with Crippen LogP contribution in [0, 0.1) is 5.41 Å². The van der Waals surface area contributed by atoms with Gasteiger partial charge in [0.25, 0.3) is 0 Å². The molecule has 0 unspecified atom stereocenters. The number of benzene rings is 2. The maximum Gasteiger partial charge on any atom is 0.227 e. The van der Waals surface area contributed by atoms with Gasteiger partial charge in [-0.05, 0) is 55.0 Å². The SMILES string of the molecule is CCCC(=O)CNc1ccc2c(c1)CCCN2C(=O)CCc1ccc(C(=N)N)cc1.Cl. The Morgan fingerprint density at radius 2 is 1.87 bits per heavy atom. The average molecular weight is 443 g/mol. The van der Waals surface area contributed by atoms with E-state index in [1.54, 1.807) is 0 Å². The van der Waals surface area contributed by atoms with E-state index in [9.17, 15) is 9.59 Å². The second kappa shape index (κ2) is 11.5. The summed E-state index contributed by atoms with van der Waals surface area (Å²) in [6.45, 7) is 3.08. The first-order valence-electron chi connectivity index (χ1n) is 10.6. The number of rotatable bonds is 9. The van der Waals surface area contributed by atoms with Crippen LogP contribution in [0.3, 0.4) is 0 Å². The fraction of sp³-hybridized carbons (Fsp3) is 0.375. The molecule has 0 radical (unpaired) electrons. The Kier molecular flexibility index (Phi) is 9.06. The van der Waals surface area contributed by atoms with E-state index in [1.165, 1.54) is 0 Å². The number of Topliss-reactive ketones (excluding diaryl/α,β-unsaturated/α-hetero) is 1. The summed E-state index contributed by atoms with van der Waals surface area (Å²) < 4.78 is 0. The third-order valence-electron chi connectivity index (χ3n) is 5.41. The van der Waals surface area contributed by atoms with E-state index in [0.29, 0.717) is 31.4 Å². The molecule has 1 aliphatic rings. The molecule has 4 N–H and O–H groups in total. The Balaban J connectivity index is 0.00000341. The summed E-state index contributed by atoms with van der Waals surface area (Å²) in [6, 6.07) is 13.5. The maximum atomic E-state index is 12.9. The molecule has 3 rings (SSSR count). The van der Waals surface area contributed by atoms with Gasteiger partial charge in [0, 0.05) is 36.3 Å². The van der Waals surface area contributed by atoms with Gasteiger partial charge in [-0.15, -0.1) is 12.4 Å². The van der Waals surface area contributed by atoms with Gasteiger partial charge in [-0.2, -0.15) is 0 Å². The molecule has 0 saturated heterocycles. The minimum absolute atomic E-state index is 0. The minimum Gasteiger partial charge on any atom is -0.384 e. The van der Waals surface area contributed by atoms with Gasteiger partial charge in [0.05, 0.1) is 6.54 Å². The van der Waals surface area contributed by atoms with Crippen LogP contribution in [0.15, 0.2) is 42.5 Å². The van der Waals surface area contributed by atoms with Crippen LogP contribution in [-0.4, -0.2) is 30.6 Å². The number of amides is 1. The van der Waals surface area contributed by atoms with Crippen molar-refractivity contribution in [3.05, 3.63) is 59.2 Å².